The van der Waals surface area contributed by atoms with Gasteiger partial charge in [-0.1, -0.05) is 46.3 Å². The van der Waals surface area contributed by atoms with Gasteiger partial charge in [-0.25, -0.2) is 0 Å². The minimum Gasteiger partial charge on any atom is -0.507 e. The van der Waals surface area contributed by atoms with Gasteiger partial charge in [0.05, 0.1) is 25.3 Å². The second kappa shape index (κ2) is 10.4. The van der Waals surface area contributed by atoms with E-state index in [0.29, 0.717) is 23.5 Å². The summed E-state index contributed by atoms with van der Waals surface area (Å²) in [5.41, 5.74) is 2.98. The predicted octanol–water partition coefficient (Wildman–Crippen LogP) is 5.79. The molecule has 1 aliphatic rings. The molecule has 0 saturated carbocycles. The van der Waals surface area contributed by atoms with Crippen LogP contribution >= 0.6 is 15.9 Å². The number of Topliss-reactive ketones (excluding diaryl/α,β-unsaturated/α-hetero) is 1. The van der Waals surface area contributed by atoms with E-state index in [-0.39, 0.29) is 17.9 Å². The van der Waals surface area contributed by atoms with Crippen LogP contribution in [0.15, 0.2) is 76.8 Å². The summed E-state index contributed by atoms with van der Waals surface area (Å²) in [5, 5.41) is 11.3. The van der Waals surface area contributed by atoms with Gasteiger partial charge in [-0.15, -0.1) is 0 Å². The molecule has 180 valence electrons. The number of rotatable bonds is 7. The number of aliphatic hydroxyl groups is 1. The standard InChI is InChI=1S/C28H26BrNO5/c1-4-35-22-10-5-18(6-11-22)16-30-25(19-7-12-21(34-3)13-8-19)24(27(32)28(30)33)26(31)20-9-14-23(29)17(2)15-20/h5-15,25,31H,4,16H2,1-3H3/b26-24-. The Bertz CT molecular complexity index is 1280. The zero-order valence-corrected chi connectivity index (χ0v) is 21.3. The Labute approximate surface area is 212 Å². The van der Waals surface area contributed by atoms with E-state index in [1.165, 1.54) is 4.90 Å². The molecule has 1 atom stereocenters. The summed E-state index contributed by atoms with van der Waals surface area (Å²) < 4.78 is 11.7. The maximum atomic E-state index is 13.3. The van der Waals surface area contributed by atoms with Crippen molar-refractivity contribution in [1.82, 2.24) is 4.90 Å². The molecule has 1 aliphatic heterocycles. The molecular formula is C28H26BrNO5. The van der Waals surface area contributed by atoms with Crippen LogP contribution in [0.1, 0.15) is 35.2 Å². The van der Waals surface area contributed by atoms with Crippen LogP contribution in [0, 0.1) is 6.92 Å². The number of nitrogens with zero attached hydrogens (tertiary/aromatic N) is 1. The van der Waals surface area contributed by atoms with Crippen molar-refractivity contribution >= 4 is 33.4 Å². The number of hydrogen-bond donors (Lipinski definition) is 1. The number of amides is 1. The summed E-state index contributed by atoms with van der Waals surface area (Å²) in [6.45, 7) is 4.56. The Kier molecular flexibility index (Phi) is 7.26. The summed E-state index contributed by atoms with van der Waals surface area (Å²) in [4.78, 5) is 28.0. The number of carbonyl (C=O) groups is 2. The van der Waals surface area contributed by atoms with Crippen LogP contribution in [-0.2, 0) is 16.1 Å². The van der Waals surface area contributed by atoms with Crippen molar-refractivity contribution in [3.63, 3.8) is 0 Å². The lowest BCUT2D eigenvalue weighted by Gasteiger charge is -2.25. The van der Waals surface area contributed by atoms with Gasteiger partial charge in [0, 0.05) is 16.6 Å². The lowest BCUT2D eigenvalue weighted by atomic mass is 9.94. The van der Waals surface area contributed by atoms with Crippen LogP contribution in [0.5, 0.6) is 11.5 Å². The van der Waals surface area contributed by atoms with Crippen molar-refractivity contribution in [2.75, 3.05) is 13.7 Å². The third-order valence-corrected chi connectivity index (χ3v) is 6.88. The largest absolute Gasteiger partial charge is 0.507 e. The first-order valence-corrected chi connectivity index (χ1v) is 12.0. The molecule has 1 saturated heterocycles. The van der Waals surface area contributed by atoms with E-state index >= 15 is 0 Å². The Hall–Kier alpha value is -3.58. The number of likely N-dealkylation sites (tertiary alicyclic amines) is 1. The van der Waals surface area contributed by atoms with Gasteiger partial charge >= 0.3 is 0 Å². The summed E-state index contributed by atoms with van der Waals surface area (Å²) in [6.07, 6.45) is 0. The smallest absolute Gasteiger partial charge is 0.295 e. The highest BCUT2D eigenvalue weighted by Gasteiger charge is 2.46. The van der Waals surface area contributed by atoms with Gasteiger partial charge in [-0.2, -0.15) is 0 Å². The second-order valence-corrected chi connectivity index (χ2v) is 9.10. The highest BCUT2D eigenvalue weighted by Crippen LogP contribution is 2.41. The van der Waals surface area contributed by atoms with Gasteiger partial charge in [0.25, 0.3) is 11.7 Å². The molecule has 7 heteroatoms. The fourth-order valence-corrected chi connectivity index (χ4v) is 4.42. The number of benzene rings is 3. The molecule has 6 nitrogen and oxygen atoms in total. The maximum Gasteiger partial charge on any atom is 0.295 e. The van der Waals surface area contributed by atoms with E-state index in [1.54, 1.807) is 43.5 Å². The van der Waals surface area contributed by atoms with Crippen molar-refractivity contribution in [3.8, 4) is 11.5 Å². The molecule has 4 rings (SSSR count). The van der Waals surface area contributed by atoms with Crippen LogP contribution < -0.4 is 9.47 Å². The van der Waals surface area contributed by atoms with Crippen LogP contribution in [0.4, 0.5) is 0 Å². The second-order valence-electron chi connectivity index (χ2n) is 8.24. The number of methoxy groups -OCH3 is 1. The number of aryl methyl sites for hydroxylation is 1. The van der Waals surface area contributed by atoms with E-state index < -0.39 is 17.7 Å². The number of halogens is 1. The number of ether oxygens (including phenoxy) is 2. The molecule has 0 aromatic heterocycles. The van der Waals surface area contributed by atoms with Crippen LogP contribution in [-0.4, -0.2) is 35.4 Å². The van der Waals surface area contributed by atoms with Crippen molar-refractivity contribution < 1.29 is 24.2 Å². The van der Waals surface area contributed by atoms with Crippen molar-refractivity contribution in [2.24, 2.45) is 0 Å². The lowest BCUT2D eigenvalue weighted by Crippen LogP contribution is -2.29. The predicted molar refractivity (Wildman–Crippen MR) is 137 cm³/mol. The fraction of sp³-hybridized carbons (Fsp3) is 0.214. The molecule has 0 radical (unpaired) electrons. The highest BCUT2D eigenvalue weighted by atomic mass is 79.9. The Balaban J connectivity index is 1.80. The molecule has 3 aromatic carbocycles. The van der Waals surface area contributed by atoms with Gasteiger partial charge in [0.15, 0.2) is 0 Å². The molecule has 0 bridgehead atoms. The monoisotopic (exact) mass is 535 g/mol. The quantitative estimate of drug-likeness (QED) is 0.235. The van der Waals surface area contributed by atoms with Gasteiger partial charge in [0.2, 0.25) is 0 Å². The summed E-state index contributed by atoms with van der Waals surface area (Å²) in [7, 11) is 1.57. The number of aliphatic hydroxyl groups excluding tert-OH is 1. The summed E-state index contributed by atoms with van der Waals surface area (Å²) >= 11 is 3.46. The van der Waals surface area contributed by atoms with Gasteiger partial charge in [-0.05, 0) is 66.9 Å². The lowest BCUT2D eigenvalue weighted by molar-refractivity contribution is -0.140. The first-order chi connectivity index (χ1) is 16.8. The molecular weight excluding hydrogens is 510 g/mol. The molecule has 1 unspecified atom stereocenters. The minimum absolute atomic E-state index is 0.0628. The Morgan fingerprint density at radius 1 is 1.00 bits per heavy atom. The molecule has 1 N–H and O–H groups in total. The van der Waals surface area contributed by atoms with Crippen LogP contribution in [0.2, 0.25) is 0 Å². The third-order valence-electron chi connectivity index (χ3n) is 5.99. The molecule has 35 heavy (non-hydrogen) atoms. The maximum absolute atomic E-state index is 13.3. The molecule has 0 spiro atoms. The van der Waals surface area contributed by atoms with Crippen LogP contribution in [0.25, 0.3) is 5.76 Å². The first-order valence-electron chi connectivity index (χ1n) is 11.2. The summed E-state index contributed by atoms with van der Waals surface area (Å²) in [6, 6.07) is 19.1. The molecule has 1 fully saturated rings. The number of carbonyl (C=O) groups excluding carboxylic acids is 2. The van der Waals surface area contributed by atoms with E-state index in [4.69, 9.17) is 9.47 Å². The molecule has 3 aromatic rings. The van der Waals surface area contributed by atoms with E-state index in [1.807, 2.05) is 44.2 Å². The minimum atomic E-state index is -0.753. The van der Waals surface area contributed by atoms with Gasteiger partial charge in [0.1, 0.15) is 17.3 Å². The van der Waals surface area contributed by atoms with Gasteiger partial charge < -0.3 is 19.5 Å². The molecule has 1 amide bonds. The van der Waals surface area contributed by atoms with E-state index in [2.05, 4.69) is 15.9 Å². The summed E-state index contributed by atoms with van der Waals surface area (Å²) in [5.74, 6) is -0.185. The van der Waals surface area contributed by atoms with Crippen LogP contribution in [0.3, 0.4) is 0 Å². The average molecular weight is 536 g/mol. The SMILES string of the molecule is CCOc1ccc(CN2C(=O)C(=O)/C(=C(\O)c3ccc(Br)c(C)c3)C2c2ccc(OC)cc2)cc1. The van der Waals surface area contributed by atoms with E-state index in [9.17, 15) is 14.7 Å². The first kappa shape index (κ1) is 24.5. The fourth-order valence-electron chi connectivity index (χ4n) is 4.18. The highest BCUT2D eigenvalue weighted by molar-refractivity contribution is 9.10. The van der Waals surface area contributed by atoms with Gasteiger partial charge in [-0.3, -0.25) is 9.59 Å². The zero-order chi connectivity index (χ0) is 25.1. The normalized spacial score (nSPS) is 17.0. The topological polar surface area (TPSA) is 76.1 Å². The van der Waals surface area contributed by atoms with E-state index in [0.717, 1.165) is 21.3 Å². The van der Waals surface area contributed by atoms with Crippen molar-refractivity contribution in [3.05, 3.63) is 99.0 Å². The number of ketones is 1. The molecule has 0 aliphatic carbocycles. The van der Waals surface area contributed by atoms with Crippen molar-refractivity contribution in [1.29, 1.82) is 0 Å². The third kappa shape index (κ3) is 4.95. The average Bonchev–Trinajstić information content (AvgIpc) is 3.11. The Morgan fingerprint density at radius 3 is 2.26 bits per heavy atom. The van der Waals surface area contributed by atoms with Crippen molar-refractivity contribution in [2.45, 2.75) is 26.4 Å². The Morgan fingerprint density at radius 2 is 1.66 bits per heavy atom. The zero-order valence-electron chi connectivity index (χ0n) is 19.7. The molecule has 1 heterocycles. The number of hydrogen-bond acceptors (Lipinski definition) is 5.